The molecule has 1 saturated carbocycles. The van der Waals surface area contributed by atoms with Crippen LogP contribution in [0.5, 0.6) is 5.75 Å². The molecule has 1 aromatic rings. The fourth-order valence-electron chi connectivity index (χ4n) is 2.26. The number of aliphatic carboxylic acids is 1. The highest BCUT2D eigenvalue weighted by atomic mass is 16.5. The van der Waals surface area contributed by atoms with E-state index in [1.807, 2.05) is 25.1 Å². The van der Waals surface area contributed by atoms with Crippen LogP contribution >= 0.6 is 0 Å². The normalized spacial score (nSPS) is 16.7. The summed E-state index contributed by atoms with van der Waals surface area (Å²) in [5.74, 6) is 0.463. The Balaban J connectivity index is 2.14. The zero-order chi connectivity index (χ0) is 13.3. The van der Waals surface area contributed by atoms with E-state index in [2.05, 4.69) is 13.8 Å². The van der Waals surface area contributed by atoms with Gasteiger partial charge in [-0.05, 0) is 48.9 Å². The average molecular weight is 248 g/mol. The molecular formula is C15H20O3. The van der Waals surface area contributed by atoms with Crippen LogP contribution in [0, 0.1) is 12.8 Å². The third kappa shape index (κ3) is 2.84. The third-order valence-corrected chi connectivity index (χ3v) is 3.42. The third-order valence-electron chi connectivity index (χ3n) is 3.42. The van der Waals surface area contributed by atoms with Gasteiger partial charge in [-0.25, -0.2) is 4.79 Å². The second-order valence-electron chi connectivity index (χ2n) is 5.39. The van der Waals surface area contributed by atoms with E-state index in [1.54, 1.807) is 0 Å². The van der Waals surface area contributed by atoms with Gasteiger partial charge < -0.3 is 9.84 Å². The molecule has 0 radical (unpaired) electrons. The first-order valence-electron chi connectivity index (χ1n) is 6.49. The van der Waals surface area contributed by atoms with Gasteiger partial charge in [0.1, 0.15) is 5.75 Å². The second kappa shape index (κ2) is 5.01. The van der Waals surface area contributed by atoms with Crippen molar-refractivity contribution < 1.29 is 14.6 Å². The molecule has 1 unspecified atom stereocenters. The van der Waals surface area contributed by atoms with E-state index < -0.39 is 12.1 Å². The maximum absolute atomic E-state index is 11.1. The molecular weight excluding hydrogens is 228 g/mol. The zero-order valence-corrected chi connectivity index (χ0v) is 11.1. The average Bonchev–Trinajstić information content (AvgIpc) is 3.08. The lowest BCUT2D eigenvalue weighted by molar-refractivity contribution is -0.146. The number of benzene rings is 1. The van der Waals surface area contributed by atoms with Crippen molar-refractivity contribution in [1.29, 1.82) is 0 Å². The molecule has 0 heterocycles. The molecule has 0 aliphatic heterocycles. The number of hydrogen-bond donors (Lipinski definition) is 1. The standard InChI is InChI=1S/C15H20O3/c1-9(2)13-7-6-12(8-10(13)3)18-14(15(16)17)11-4-5-11/h6-9,11,14H,4-5H2,1-3H3,(H,16,17). The van der Waals surface area contributed by atoms with Crippen molar-refractivity contribution in [1.82, 2.24) is 0 Å². The molecule has 1 aliphatic rings. The van der Waals surface area contributed by atoms with Crippen molar-refractivity contribution >= 4 is 5.97 Å². The first kappa shape index (κ1) is 12.9. The van der Waals surface area contributed by atoms with Crippen molar-refractivity contribution in [3.8, 4) is 5.75 Å². The SMILES string of the molecule is Cc1cc(OC(C(=O)O)C2CC2)ccc1C(C)C. The highest BCUT2D eigenvalue weighted by molar-refractivity contribution is 5.73. The summed E-state index contributed by atoms with van der Waals surface area (Å²) >= 11 is 0. The molecule has 0 spiro atoms. The molecule has 3 heteroatoms. The fraction of sp³-hybridized carbons (Fsp3) is 0.533. The van der Waals surface area contributed by atoms with Gasteiger partial charge in [-0.3, -0.25) is 0 Å². The molecule has 3 nitrogen and oxygen atoms in total. The summed E-state index contributed by atoms with van der Waals surface area (Å²) in [6.07, 6.45) is 1.23. The Kier molecular flexibility index (Phi) is 3.60. The molecule has 1 N–H and O–H groups in total. The van der Waals surface area contributed by atoms with Gasteiger partial charge in [0, 0.05) is 5.92 Å². The number of carbonyl (C=O) groups is 1. The Labute approximate surface area is 108 Å². The van der Waals surface area contributed by atoms with Crippen molar-refractivity contribution in [2.75, 3.05) is 0 Å². The molecule has 1 atom stereocenters. The maximum atomic E-state index is 11.1. The largest absolute Gasteiger partial charge is 0.478 e. The van der Waals surface area contributed by atoms with Crippen LogP contribution in [0.25, 0.3) is 0 Å². The number of ether oxygens (including phenoxy) is 1. The molecule has 0 saturated heterocycles. The highest BCUT2D eigenvalue weighted by Crippen LogP contribution is 2.35. The second-order valence-corrected chi connectivity index (χ2v) is 5.39. The minimum Gasteiger partial charge on any atom is -0.478 e. The number of carboxylic acids is 1. The summed E-state index contributed by atoms with van der Waals surface area (Å²) in [6.45, 7) is 6.33. The van der Waals surface area contributed by atoms with Crippen LogP contribution in [0.3, 0.4) is 0 Å². The van der Waals surface area contributed by atoms with Gasteiger partial charge in [0.15, 0.2) is 6.10 Å². The highest BCUT2D eigenvalue weighted by Gasteiger charge is 2.38. The van der Waals surface area contributed by atoms with Gasteiger partial charge >= 0.3 is 5.97 Å². The van der Waals surface area contributed by atoms with E-state index in [9.17, 15) is 4.79 Å². The molecule has 0 bridgehead atoms. The monoisotopic (exact) mass is 248 g/mol. The summed E-state index contributed by atoms with van der Waals surface area (Å²) in [4.78, 5) is 11.1. The Bertz CT molecular complexity index is 447. The van der Waals surface area contributed by atoms with E-state index in [4.69, 9.17) is 9.84 Å². The Morgan fingerprint density at radius 3 is 2.50 bits per heavy atom. The summed E-state index contributed by atoms with van der Waals surface area (Å²) in [6, 6.07) is 5.84. The smallest absolute Gasteiger partial charge is 0.345 e. The number of hydrogen-bond acceptors (Lipinski definition) is 2. The van der Waals surface area contributed by atoms with Gasteiger partial charge in [0.2, 0.25) is 0 Å². The van der Waals surface area contributed by atoms with Crippen molar-refractivity contribution in [2.24, 2.45) is 5.92 Å². The van der Waals surface area contributed by atoms with Gasteiger partial charge in [0.05, 0.1) is 0 Å². The van der Waals surface area contributed by atoms with Crippen molar-refractivity contribution in [3.63, 3.8) is 0 Å². The van der Waals surface area contributed by atoms with E-state index in [0.29, 0.717) is 11.7 Å². The fourth-order valence-corrected chi connectivity index (χ4v) is 2.26. The van der Waals surface area contributed by atoms with E-state index in [-0.39, 0.29) is 5.92 Å². The Hall–Kier alpha value is -1.51. The molecule has 1 fully saturated rings. The topological polar surface area (TPSA) is 46.5 Å². The van der Waals surface area contributed by atoms with Crippen LogP contribution in [-0.2, 0) is 4.79 Å². The van der Waals surface area contributed by atoms with Crippen LogP contribution in [0.1, 0.15) is 43.7 Å². The van der Waals surface area contributed by atoms with Crippen molar-refractivity contribution in [2.45, 2.75) is 45.6 Å². The number of carboxylic acid groups (broad SMARTS) is 1. The lowest BCUT2D eigenvalue weighted by Crippen LogP contribution is -2.29. The first-order chi connectivity index (χ1) is 8.49. The van der Waals surface area contributed by atoms with Crippen LogP contribution in [0.2, 0.25) is 0 Å². The molecule has 0 aromatic heterocycles. The summed E-state index contributed by atoms with van der Waals surface area (Å²) < 4.78 is 5.62. The molecule has 0 amide bonds. The molecule has 1 aromatic carbocycles. The molecule has 2 rings (SSSR count). The maximum Gasteiger partial charge on any atom is 0.345 e. The van der Waals surface area contributed by atoms with E-state index >= 15 is 0 Å². The Morgan fingerprint density at radius 2 is 2.06 bits per heavy atom. The van der Waals surface area contributed by atoms with Crippen LogP contribution in [0.4, 0.5) is 0 Å². The van der Waals surface area contributed by atoms with Crippen molar-refractivity contribution in [3.05, 3.63) is 29.3 Å². The minimum absolute atomic E-state index is 0.188. The number of aryl methyl sites for hydroxylation is 1. The van der Waals surface area contributed by atoms with Gasteiger partial charge in [-0.2, -0.15) is 0 Å². The predicted octanol–water partition coefficient (Wildman–Crippen LogP) is 3.36. The Morgan fingerprint density at radius 1 is 1.39 bits per heavy atom. The summed E-state index contributed by atoms with van der Waals surface area (Å²) in [7, 11) is 0. The van der Waals surface area contributed by atoms with E-state index in [1.165, 1.54) is 5.56 Å². The minimum atomic E-state index is -0.858. The van der Waals surface area contributed by atoms with Crippen LogP contribution < -0.4 is 4.74 Å². The zero-order valence-electron chi connectivity index (χ0n) is 11.1. The summed E-state index contributed by atoms with van der Waals surface area (Å²) in [5.41, 5.74) is 2.43. The van der Waals surface area contributed by atoms with Crippen LogP contribution in [-0.4, -0.2) is 17.2 Å². The quantitative estimate of drug-likeness (QED) is 0.869. The summed E-state index contributed by atoms with van der Waals surface area (Å²) in [5, 5.41) is 9.13. The van der Waals surface area contributed by atoms with E-state index in [0.717, 1.165) is 18.4 Å². The van der Waals surface area contributed by atoms with Gasteiger partial charge in [-0.1, -0.05) is 19.9 Å². The lowest BCUT2D eigenvalue weighted by atomic mass is 9.98. The molecule has 18 heavy (non-hydrogen) atoms. The number of rotatable bonds is 5. The predicted molar refractivity (Wildman–Crippen MR) is 70.0 cm³/mol. The first-order valence-corrected chi connectivity index (χ1v) is 6.49. The lowest BCUT2D eigenvalue weighted by Gasteiger charge is -2.16. The molecule has 98 valence electrons. The molecule has 1 aliphatic carbocycles. The van der Waals surface area contributed by atoms with Gasteiger partial charge in [0.25, 0.3) is 0 Å². The van der Waals surface area contributed by atoms with Crippen LogP contribution in [0.15, 0.2) is 18.2 Å². The van der Waals surface area contributed by atoms with Gasteiger partial charge in [-0.15, -0.1) is 0 Å².